The van der Waals surface area contributed by atoms with Gasteiger partial charge in [-0.05, 0) is 24.7 Å². The molecule has 0 aromatic carbocycles. The van der Waals surface area contributed by atoms with Crippen molar-refractivity contribution in [2.75, 3.05) is 6.54 Å². The van der Waals surface area contributed by atoms with Crippen LogP contribution in [0.3, 0.4) is 0 Å². The van der Waals surface area contributed by atoms with E-state index in [9.17, 15) is 4.79 Å². The van der Waals surface area contributed by atoms with E-state index in [1.807, 2.05) is 0 Å². The van der Waals surface area contributed by atoms with Crippen LogP contribution < -0.4 is 5.73 Å². The van der Waals surface area contributed by atoms with Crippen molar-refractivity contribution in [3.05, 3.63) is 0 Å². The first kappa shape index (κ1) is 10.5. The Hall–Kier alpha value is -0.570. The summed E-state index contributed by atoms with van der Waals surface area (Å²) in [6, 6.07) is 0. The van der Waals surface area contributed by atoms with Crippen LogP contribution in [0.1, 0.15) is 32.6 Å². The molecule has 0 amide bonds. The Morgan fingerprint density at radius 1 is 1.62 bits per heavy atom. The van der Waals surface area contributed by atoms with Crippen molar-refractivity contribution in [3.8, 4) is 0 Å². The van der Waals surface area contributed by atoms with Crippen molar-refractivity contribution in [3.63, 3.8) is 0 Å². The first-order chi connectivity index (χ1) is 6.13. The van der Waals surface area contributed by atoms with Crippen LogP contribution in [0.5, 0.6) is 0 Å². The molecule has 0 saturated heterocycles. The van der Waals surface area contributed by atoms with Crippen LogP contribution in [0, 0.1) is 17.8 Å². The molecule has 76 valence electrons. The van der Waals surface area contributed by atoms with Gasteiger partial charge in [-0.25, -0.2) is 0 Å². The lowest BCUT2D eigenvalue weighted by Gasteiger charge is -2.15. The van der Waals surface area contributed by atoms with Gasteiger partial charge in [-0.1, -0.05) is 19.8 Å². The lowest BCUT2D eigenvalue weighted by molar-refractivity contribution is -0.141. The van der Waals surface area contributed by atoms with Crippen molar-refractivity contribution in [2.45, 2.75) is 32.6 Å². The molecule has 0 aliphatic heterocycles. The molecule has 3 nitrogen and oxygen atoms in total. The van der Waals surface area contributed by atoms with E-state index in [0.717, 1.165) is 12.3 Å². The average molecular weight is 185 g/mol. The number of carboxylic acid groups (broad SMARTS) is 1. The summed E-state index contributed by atoms with van der Waals surface area (Å²) in [6.45, 7) is 2.40. The Bertz CT molecular complexity index is 178. The first-order valence-corrected chi connectivity index (χ1v) is 5.06. The second kappa shape index (κ2) is 4.61. The largest absolute Gasteiger partial charge is 0.481 e. The maximum absolute atomic E-state index is 10.7. The Balaban J connectivity index is 2.22. The molecule has 13 heavy (non-hydrogen) atoms. The summed E-state index contributed by atoms with van der Waals surface area (Å²) < 4.78 is 0. The van der Waals surface area contributed by atoms with Gasteiger partial charge in [-0.3, -0.25) is 4.79 Å². The van der Waals surface area contributed by atoms with Crippen LogP contribution in [0.4, 0.5) is 0 Å². The fourth-order valence-corrected chi connectivity index (χ4v) is 1.80. The van der Waals surface area contributed by atoms with E-state index in [2.05, 4.69) is 6.92 Å². The summed E-state index contributed by atoms with van der Waals surface area (Å²) in [4.78, 5) is 10.7. The van der Waals surface area contributed by atoms with Gasteiger partial charge in [0.15, 0.2) is 0 Å². The molecular formula is C10H19NO2. The molecule has 0 aromatic rings. The summed E-state index contributed by atoms with van der Waals surface area (Å²) >= 11 is 0. The highest BCUT2D eigenvalue weighted by molar-refractivity contribution is 5.70. The zero-order valence-corrected chi connectivity index (χ0v) is 8.20. The zero-order valence-electron chi connectivity index (χ0n) is 8.20. The molecule has 3 heteroatoms. The summed E-state index contributed by atoms with van der Waals surface area (Å²) in [5.74, 6) is 0.304. The summed E-state index contributed by atoms with van der Waals surface area (Å²) in [5.41, 5.74) is 5.39. The molecule has 3 N–H and O–H groups in total. The summed E-state index contributed by atoms with van der Waals surface area (Å²) in [6.07, 6.45) is 4.60. The molecule has 0 bridgehead atoms. The number of nitrogens with two attached hydrogens (primary N) is 1. The number of aliphatic carboxylic acids is 1. The van der Waals surface area contributed by atoms with E-state index in [0.29, 0.717) is 5.92 Å². The molecule has 0 unspecified atom stereocenters. The Labute approximate surface area is 79.3 Å². The highest BCUT2D eigenvalue weighted by atomic mass is 16.4. The predicted octanol–water partition coefficient (Wildman–Crippen LogP) is 1.47. The summed E-state index contributed by atoms with van der Waals surface area (Å²) in [7, 11) is 0. The van der Waals surface area contributed by atoms with E-state index in [-0.39, 0.29) is 12.5 Å². The number of rotatable bonds is 6. The SMILES string of the molecule is C[C@@H](CC1CC1)C[C@H](CN)C(=O)O. The van der Waals surface area contributed by atoms with Gasteiger partial charge in [-0.15, -0.1) is 0 Å². The van der Waals surface area contributed by atoms with Crippen molar-refractivity contribution in [1.82, 2.24) is 0 Å². The smallest absolute Gasteiger partial charge is 0.307 e. The van der Waals surface area contributed by atoms with Crippen molar-refractivity contribution in [1.29, 1.82) is 0 Å². The minimum absolute atomic E-state index is 0.268. The Kier molecular flexibility index (Phi) is 3.72. The molecule has 0 spiro atoms. The van der Waals surface area contributed by atoms with E-state index in [1.165, 1.54) is 19.3 Å². The second-order valence-corrected chi connectivity index (χ2v) is 4.29. The van der Waals surface area contributed by atoms with Gasteiger partial charge in [0.05, 0.1) is 5.92 Å². The van der Waals surface area contributed by atoms with Crippen LogP contribution in [-0.2, 0) is 4.79 Å². The van der Waals surface area contributed by atoms with Gasteiger partial charge < -0.3 is 10.8 Å². The van der Waals surface area contributed by atoms with Gasteiger partial charge in [0.25, 0.3) is 0 Å². The average Bonchev–Trinajstić information content (AvgIpc) is 2.83. The second-order valence-electron chi connectivity index (χ2n) is 4.29. The normalized spacial score (nSPS) is 21.1. The van der Waals surface area contributed by atoms with Crippen LogP contribution >= 0.6 is 0 Å². The monoisotopic (exact) mass is 185 g/mol. The van der Waals surface area contributed by atoms with Gasteiger partial charge in [0.2, 0.25) is 0 Å². The van der Waals surface area contributed by atoms with Crippen molar-refractivity contribution < 1.29 is 9.90 Å². The predicted molar refractivity (Wildman–Crippen MR) is 51.3 cm³/mol. The molecule has 2 atom stereocenters. The lowest BCUT2D eigenvalue weighted by atomic mass is 9.92. The molecule has 1 fully saturated rings. The van der Waals surface area contributed by atoms with Gasteiger partial charge in [-0.2, -0.15) is 0 Å². The quantitative estimate of drug-likeness (QED) is 0.658. The highest BCUT2D eigenvalue weighted by Gasteiger charge is 2.26. The number of hydrogen-bond acceptors (Lipinski definition) is 2. The molecule has 1 rings (SSSR count). The van der Waals surface area contributed by atoms with E-state index in [1.54, 1.807) is 0 Å². The molecule has 0 aromatic heterocycles. The van der Waals surface area contributed by atoms with E-state index >= 15 is 0 Å². The van der Waals surface area contributed by atoms with Crippen LogP contribution in [0.25, 0.3) is 0 Å². The fourth-order valence-electron chi connectivity index (χ4n) is 1.80. The molecule has 0 heterocycles. The maximum Gasteiger partial charge on any atom is 0.307 e. The number of carboxylic acids is 1. The fraction of sp³-hybridized carbons (Fsp3) is 0.900. The summed E-state index contributed by atoms with van der Waals surface area (Å²) in [5, 5.41) is 8.79. The van der Waals surface area contributed by atoms with Gasteiger partial charge in [0.1, 0.15) is 0 Å². The lowest BCUT2D eigenvalue weighted by Crippen LogP contribution is -2.25. The molecule has 1 saturated carbocycles. The Morgan fingerprint density at radius 2 is 2.23 bits per heavy atom. The minimum atomic E-state index is -0.745. The van der Waals surface area contributed by atoms with E-state index in [4.69, 9.17) is 10.8 Å². The van der Waals surface area contributed by atoms with Crippen LogP contribution in [0.15, 0.2) is 0 Å². The molecule has 1 aliphatic rings. The minimum Gasteiger partial charge on any atom is -0.481 e. The van der Waals surface area contributed by atoms with Gasteiger partial charge in [0, 0.05) is 6.54 Å². The zero-order chi connectivity index (χ0) is 9.84. The molecule has 0 radical (unpaired) electrons. The first-order valence-electron chi connectivity index (χ1n) is 5.06. The topological polar surface area (TPSA) is 63.3 Å². The number of hydrogen-bond donors (Lipinski definition) is 2. The van der Waals surface area contributed by atoms with E-state index < -0.39 is 5.97 Å². The third-order valence-electron chi connectivity index (χ3n) is 2.75. The van der Waals surface area contributed by atoms with Crippen LogP contribution in [0.2, 0.25) is 0 Å². The standard InChI is InChI=1S/C10H19NO2/c1-7(4-8-2-3-8)5-9(6-11)10(12)13/h7-9H,2-6,11H2,1H3,(H,12,13)/t7-,9+/m0/s1. The van der Waals surface area contributed by atoms with Gasteiger partial charge >= 0.3 is 5.97 Å². The van der Waals surface area contributed by atoms with Crippen LogP contribution in [-0.4, -0.2) is 17.6 Å². The highest BCUT2D eigenvalue weighted by Crippen LogP contribution is 2.36. The third kappa shape index (κ3) is 3.77. The molecule has 1 aliphatic carbocycles. The number of carbonyl (C=O) groups is 1. The Morgan fingerprint density at radius 3 is 2.62 bits per heavy atom. The maximum atomic E-state index is 10.7. The van der Waals surface area contributed by atoms with Crippen molar-refractivity contribution >= 4 is 5.97 Å². The van der Waals surface area contributed by atoms with Crippen molar-refractivity contribution in [2.24, 2.45) is 23.5 Å². The third-order valence-corrected chi connectivity index (χ3v) is 2.75. The molecular weight excluding hydrogens is 166 g/mol.